The van der Waals surface area contributed by atoms with Gasteiger partial charge in [-0.3, -0.25) is 9.78 Å². The van der Waals surface area contributed by atoms with Gasteiger partial charge in [-0.05, 0) is 36.4 Å². The molecule has 0 saturated heterocycles. The van der Waals surface area contributed by atoms with Gasteiger partial charge in [0.2, 0.25) is 0 Å². The number of ether oxygens (including phenoxy) is 1. The third-order valence-corrected chi connectivity index (χ3v) is 4.46. The van der Waals surface area contributed by atoms with Gasteiger partial charge < -0.3 is 14.2 Å². The Morgan fingerprint density at radius 2 is 2.07 bits per heavy atom. The van der Waals surface area contributed by atoms with Crippen molar-refractivity contribution in [3.8, 4) is 11.4 Å². The minimum atomic E-state index is -0.210. The highest BCUT2D eigenvalue weighted by molar-refractivity contribution is 5.92. The molecule has 0 unspecified atom stereocenters. The summed E-state index contributed by atoms with van der Waals surface area (Å²) in [6, 6.07) is 14.7. The van der Waals surface area contributed by atoms with Crippen molar-refractivity contribution in [2.24, 2.45) is 0 Å². The number of likely N-dealkylation sites (N-methyl/N-ethyl adjacent to an activating group) is 1. The molecule has 0 radical (unpaired) electrons. The Kier molecular flexibility index (Phi) is 5.79. The zero-order valence-corrected chi connectivity index (χ0v) is 16.4. The van der Waals surface area contributed by atoms with E-state index >= 15 is 0 Å². The maximum atomic E-state index is 12.5. The number of aromatic nitrogens is 5. The van der Waals surface area contributed by atoms with Crippen LogP contribution in [-0.2, 0) is 13.0 Å². The largest absolute Gasteiger partial charge is 0.486 e. The van der Waals surface area contributed by atoms with Crippen LogP contribution in [0.25, 0.3) is 5.69 Å². The van der Waals surface area contributed by atoms with Crippen LogP contribution in [0, 0.1) is 0 Å². The van der Waals surface area contributed by atoms with E-state index in [0.29, 0.717) is 24.5 Å². The number of nitrogens with zero attached hydrogens (tertiary/aromatic N) is 6. The highest BCUT2D eigenvalue weighted by Gasteiger charge is 2.17. The van der Waals surface area contributed by atoms with Gasteiger partial charge in [0.05, 0.1) is 5.69 Å². The van der Waals surface area contributed by atoms with Crippen LogP contribution in [0.5, 0.6) is 5.75 Å². The fraction of sp³-hybridized carbons (Fsp3) is 0.190. The van der Waals surface area contributed by atoms with Gasteiger partial charge >= 0.3 is 0 Å². The first-order valence-corrected chi connectivity index (χ1v) is 9.38. The number of rotatable bonds is 8. The Hall–Kier alpha value is -4.01. The smallest absolute Gasteiger partial charge is 0.275 e. The van der Waals surface area contributed by atoms with Crippen LogP contribution in [0.4, 0.5) is 0 Å². The summed E-state index contributed by atoms with van der Waals surface area (Å²) in [6.45, 7) is 0.702. The second-order valence-electron chi connectivity index (χ2n) is 6.60. The van der Waals surface area contributed by atoms with E-state index in [9.17, 15) is 4.79 Å². The highest BCUT2D eigenvalue weighted by atomic mass is 16.5. The minimum Gasteiger partial charge on any atom is -0.486 e. The normalized spacial score (nSPS) is 10.7. The lowest BCUT2D eigenvalue weighted by Gasteiger charge is -2.14. The van der Waals surface area contributed by atoms with E-state index in [4.69, 9.17) is 9.26 Å². The maximum absolute atomic E-state index is 12.5. The fourth-order valence-electron chi connectivity index (χ4n) is 2.80. The number of hydrogen-bond acceptors (Lipinski definition) is 7. The predicted molar refractivity (Wildman–Crippen MR) is 107 cm³/mol. The Morgan fingerprint density at radius 3 is 2.80 bits per heavy atom. The van der Waals surface area contributed by atoms with Crippen LogP contribution >= 0.6 is 0 Å². The summed E-state index contributed by atoms with van der Waals surface area (Å²) in [7, 11) is 1.73. The van der Waals surface area contributed by atoms with E-state index in [1.807, 2.05) is 42.5 Å². The summed E-state index contributed by atoms with van der Waals surface area (Å²) in [5.41, 5.74) is 2.06. The Bertz CT molecular complexity index is 1080. The topological polar surface area (TPSA) is 99.2 Å². The zero-order chi connectivity index (χ0) is 20.8. The van der Waals surface area contributed by atoms with Crippen molar-refractivity contribution >= 4 is 5.91 Å². The molecule has 0 aliphatic carbocycles. The molecule has 0 fully saturated rings. The summed E-state index contributed by atoms with van der Waals surface area (Å²) in [5, 5.41) is 7.95. The second kappa shape index (κ2) is 8.99. The predicted octanol–water partition coefficient (Wildman–Crippen LogP) is 2.54. The molecule has 4 aromatic rings. The summed E-state index contributed by atoms with van der Waals surface area (Å²) in [6.07, 6.45) is 5.50. The summed E-state index contributed by atoms with van der Waals surface area (Å²) < 4.78 is 12.6. The number of benzene rings is 1. The fourth-order valence-corrected chi connectivity index (χ4v) is 2.80. The summed E-state index contributed by atoms with van der Waals surface area (Å²) >= 11 is 0. The molecule has 1 amide bonds. The second-order valence-corrected chi connectivity index (χ2v) is 6.60. The SMILES string of the molecule is CN(CCc1ccccn1)C(=O)c1cc(COc2ccc(-n3cncn3)cc2)on1. The van der Waals surface area contributed by atoms with Crippen molar-refractivity contribution < 1.29 is 14.1 Å². The lowest BCUT2D eigenvalue weighted by molar-refractivity contribution is 0.0785. The first-order valence-electron chi connectivity index (χ1n) is 9.38. The van der Waals surface area contributed by atoms with Gasteiger partial charge in [0.1, 0.15) is 25.0 Å². The Balaban J connectivity index is 1.29. The van der Waals surface area contributed by atoms with Crippen molar-refractivity contribution in [1.82, 2.24) is 29.8 Å². The molecule has 0 aliphatic heterocycles. The molecule has 0 aliphatic rings. The average Bonchev–Trinajstić information content (AvgIpc) is 3.49. The van der Waals surface area contributed by atoms with E-state index in [2.05, 4.69) is 20.2 Å². The molecule has 3 heterocycles. The third kappa shape index (κ3) is 4.69. The molecule has 9 nitrogen and oxygen atoms in total. The lowest BCUT2D eigenvalue weighted by atomic mass is 10.2. The molecule has 0 saturated carbocycles. The van der Waals surface area contributed by atoms with Crippen molar-refractivity contribution in [3.63, 3.8) is 0 Å². The molecule has 0 spiro atoms. The number of hydrogen-bond donors (Lipinski definition) is 0. The van der Waals surface area contributed by atoms with Crippen LogP contribution in [0.3, 0.4) is 0 Å². The van der Waals surface area contributed by atoms with Crippen LogP contribution in [0.2, 0.25) is 0 Å². The molecule has 0 atom stereocenters. The van der Waals surface area contributed by atoms with Crippen molar-refractivity contribution in [2.75, 3.05) is 13.6 Å². The van der Waals surface area contributed by atoms with Gasteiger partial charge in [-0.15, -0.1) is 0 Å². The molecule has 0 bridgehead atoms. The van der Waals surface area contributed by atoms with E-state index in [1.54, 1.807) is 35.2 Å². The first-order chi connectivity index (χ1) is 14.7. The van der Waals surface area contributed by atoms with E-state index in [-0.39, 0.29) is 18.2 Å². The quantitative estimate of drug-likeness (QED) is 0.445. The average molecular weight is 404 g/mol. The molecule has 152 valence electrons. The third-order valence-electron chi connectivity index (χ3n) is 4.46. The lowest BCUT2D eigenvalue weighted by Crippen LogP contribution is -2.29. The first kappa shape index (κ1) is 19.3. The molecule has 30 heavy (non-hydrogen) atoms. The molecular formula is C21H20N6O3. The molecule has 3 aromatic heterocycles. The van der Waals surface area contributed by atoms with Gasteiger partial charge in [-0.2, -0.15) is 5.10 Å². The number of carbonyl (C=O) groups excluding carboxylic acids is 1. The Morgan fingerprint density at radius 1 is 1.20 bits per heavy atom. The maximum Gasteiger partial charge on any atom is 0.275 e. The number of carbonyl (C=O) groups is 1. The zero-order valence-electron chi connectivity index (χ0n) is 16.4. The highest BCUT2D eigenvalue weighted by Crippen LogP contribution is 2.16. The number of amides is 1. The molecular weight excluding hydrogens is 384 g/mol. The molecule has 0 N–H and O–H groups in total. The van der Waals surface area contributed by atoms with Gasteiger partial charge in [-0.1, -0.05) is 11.2 Å². The minimum absolute atomic E-state index is 0.167. The van der Waals surface area contributed by atoms with Crippen LogP contribution in [0.15, 0.2) is 71.9 Å². The van der Waals surface area contributed by atoms with Crippen LogP contribution in [-0.4, -0.2) is 49.3 Å². The Labute approximate surface area is 172 Å². The molecule has 9 heteroatoms. The van der Waals surface area contributed by atoms with Gasteiger partial charge in [0.15, 0.2) is 11.5 Å². The van der Waals surface area contributed by atoms with Crippen LogP contribution in [0.1, 0.15) is 21.9 Å². The van der Waals surface area contributed by atoms with Gasteiger partial charge in [0, 0.05) is 38.0 Å². The van der Waals surface area contributed by atoms with Gasteiger partial charge in [0.25, 0.3) is 5.91 Å². The molecule has 4 rings (SSSR count). The van der Waals surface area contributed by atoms with E-state index in [0.717, 1.165) is 11.4 Å². The van der Waals surface area contributed by atoms with E-state index < -0.39 is 0 Å². The number of pyridine rings is 1. The summed E-state index contributed by atoms with van der Waals surface area (Å²) in [5.74, 6) is 0.922. The van der Waals surface area contributed by atoms with Gasteiger partial charge in [-0.25, -0.2) is 9.67 Å². The van der Waals surface area contributed by atoms with E-state index in [1.165, 1.54) is 6.33 Å². The van der Waals surface area contributed by atoms with Crippen molar-refractivity contribution in [1.29, 1.82) is 0 Å². The van der Waals surface area contributed by atoms with Crippen LogP contribution < -0.4 is 4.74 Å². The standard InChI is InChI=1S/C21H20N6O3/c1-26(11-9-16-4-2-3-10-23-16)21(28)20-12-19(30-25-20)13-29-18-7-5-17(6-8-18)27-15-22-14-24-27/h2-8,10,12,14-15H,9,11,13H2,1H3. The van der Waals surface area contributed by atoms with Crippen molar-refractivity contribution in [3.05, 3.63) is 84.5 Å². The summed E-state index contributed by atoms with van der Waals surface area (Å²) in [4.78, 5) is 22.3. The monoisotopic (exact) mass is 404 g/mol. The molecule has 1 aromatic carbocycles. The van der Waals surface area contributed by atoms with Crippen molar-refractivity contribution in [2.45, 2.75) is 13.0 Å².